The van der Waals surface area contributed by atoms with Crippen LogP contribution in [0.2, 0.25) is 0 Å². The Morgan fingerprint density at radius 3 is 2.17 bits per heavy atom. The van der Waals surface area contributed by atoms with E-state index in [0.717, 1.165) is 0 Å². The first-order chi connectivity index (χ1) is 8.15. The summed E-state index contributed by atoms with van der Waals surface area (Å²) in [6.45, 7) is 6.74. The van der Waals surface area contributed by atoms with Crippen molar-refractivity contribution in [3.05, 3.63) is 0 Å². The molecule has 6 heteroatoms. The maximum atomic E-state index is 11.6. The van der Waals surface area contributed by atoms with Crippen molar-refractivity contribution in [3.63, 3.8) is 0 Å². The monoisotopic (exact) mass is 259 g/mol. The molecule has 0 unspecified atom stereocenters. The fourth-order valence-corrected chi connectivity index (χ4v) is 1.11. The van der Waals surface area contributed by atoms with E-state index in [1.165, 1.54) is 7.11 Å². The summed E-state index contributed by atoms with van der Waals surface area (Å²) in [5.41, 5.74) is -0.612. The fourth-order valence-electron chi connectivity index (χ4n) is 1.11. The molecule has 0 aromatic heterocycles. The zero-order chi connectivity index (χ0) is 14.3. The van der Waals surface area contributed by atoms with Crippen LogP contribution in [0, 0.1) is 0 Å². The molecule has 0 spiro atoms. The van der Waals surface area contributed by atoms with Gasteiger partial charge in [0.25, 0.3) is 0 Å². The molecule has 0 aromatic rings. The number of carbonyl (C=O) groups excluding carboxylic acids is 3. The number of hydrogen-bond donors (Lipinski definition) is 1. The first-order valence-corrected chi connectivity index (χ1v) is 5.74. The van der Waals surface area contributed by atoms with Crippen LogP contribution in [-0.2, 0) is 19.1 Å². The van der Waals surface area contributed by atoms with Crippen molar-refractivity contribution in [1.82, 2.24) is 5.32 Å². The number of hydrogen-bond acceptors (Lipinski definition) is 5. The SMILES string of the molecule is COC(=O)CCC(=O)[C@H](C)NC(=O)OC(C)(C)C. The second-order valence-electron chi connectivity index (χ2n) is 4.91. The molecular weight excluding hydrogens is 238 g/mol. The average Bonchev–Trinajstić information content (AvgIpc) is 2.22. The quantitative estimate of drug-likeness (QED) is 0.755. The second kappa shape index (κ2) is 6.98. The second-order valence-corrected chi connectivity index (χ2v) is 4.91. The molecule has 0 aromatic carbocycles. The number of ether oxygens (including phenoxy) is 2. The zero-order valence-electron chi connectivity index (χ0n) is 11.5. The van der Waals surface area contributed by atoms with Gasteiger partial charge in [0.05, 0.1) is 19.6 Å². The number of methoxy groups -OCH3 is 1. The van der Waals surface area contributed by atoms with Gasteiger partial charge in [-0.1, -0.05) is 0 Å². The summed E-state index contributed by atoms with van der Waals surface area (Å²) in [4.78, 5) is 33.8. The van der Waals surface area contributed by atoms with Gasteiger partial charge in [-0.15, -0.1) is 0 Å². The highest BCUT2D eigenvalue weighted by molar-refractivity contribution is 5.89. The van der Waals surface area contributed by atoms with E-state index >= 15 is 0 Å². The molecule has 0 aliphatic rings. The smallest absolute Gasteiger partial charge is 0.408 e. The van der Waals surface area contributed by atoms with Gasteiger partial charge in [0.1, 0.15) is 5.60 Å². The molecule has 0 aliphatic heterocycles. The highest BCUT2D eigenvalue weighted by Crippen LogP contribution is 2.07. The van der Waals surface area contributed by atoms with E-state index in [-0.39, 0.29) is 18.6 Å². The summed E-state index contributed by atoms with van der Waals surface area (Å²) in [7, 11) is 1.26. The highest BCUT2D eigenvalue weighted by atomic mass is 16.6. The molecule has 0 saturated heterocycles. The minimum absolute atomic E-state index is 0.00960. The van der Waals surface area contributed by atoms with Gasteiger partial charge in [-0.3, -0.25) is 9.59 Å². The van der Waals surface area contributed by atoms with E-state index in [9.17, 15) is 14.4 Å². The van der Waals surface area contributed by atoms with Crippen molar-refractivity contribution in [2.75, 3.05) is 7.11 Å². The number of rotatable bonds is 5. The largest absolute Gasteiger partial charge is 0.469 e. The van der Waals surface area contributed by atoms with E-state index in [2.05, 4.69) is 10.1 Å². The maximum absolute atomic E-state index is 11.6. The Balaban J connectivity index is 4.08. The van der Waals surface area contributed by atoms with E-state index in [0.29, 0.717) is 0 Å². The Kier molecular flexibility index (Phi) is 6.36. The van der Waals surface area contributed by atoms with Crippen LogP contribution in [0.15, 0.2) is 0 Å². The van der Waals surface area contributed by atoms with Gasteiger partial charge in [0, 0.05) is 6.42 Å². The van der Waals surface area contributed by atoms with Crippen molar-refractivity contribution < 1.29 is 23.9 Å². The summed E-state index contributed by atoms with van der Waals surface area (Å²) in [5.74, 6) is -0.695. The van der Waals surface area contributed by atoms with Crippen LogP contribution in [0.4, 0.5) is 4.79 Å². The molecule has 0 radical (unpaired) electrons. The van der Waals surface area contributed by atoms with Crippen LogP contribution in [-0.4, -0.2) is 36.6 Å². The molecule has 6 nitrogen and oxygen atoms in total. The Morgan fingerprint density at radius 2 is 1.72 bits per heavy atom. The lowest BCUT2D eigenvalue weighted by Gasteiger charge is -2.21. The van der Waals surface area contributed by atoms with E-state index < -0.39 is 23.7 Å². The van der Waals surface area contributed by atoms with Crippen LogP contribution in [0.5, 0.6) is 0 Å². The van der Waals surface area contributed by atoms with E-state index in [4.69, 9.17) is 4.74 Å². The number of amides is 1. The Bertz CT molecular complexity index is 319. The van der Waals surface area contributed by atoms with Crippen molar-refractivity contribution in [1.29, 1.82) is 0 Å². The van der Waals surface area contributed by atoms with Gasteiger partial charge in [-0.25, -0.2) is 4.79 Å². The highest BCUT2D eigenvalue weighted by Gasteiger charge is 2.21. The van der Waals surface area contributed by atoms with Crippen LogP contribution in [0.1, 0.15) is 40.5 Å². The topological polar surface area (TPSA) is 81.7 Å². The van der Waals surface area contributed by atoms with Crippen LogP contribution in [0.25, 0.3) is 0 Å². The Hall–Kier alpha value is -1.59. The minimum atomic E-state index is -0.690. The molecule has 0 rings (SSSR count). The number of carbonyl (C=O) groups is 3. The average molecular weight is 259 g/mol. The first kappa shape index (κ1) is 16.4. The molecule has 18 heavy (non-hydrogen) atoms. The molecule has 0 bridgehead atoms. The van der Waals surface area contributed by atoms with Gasteiger partial charge in [0.2, 0.25) is 0 Å². The predicted molar refractivity (Wildman–Crippen MR) is 65.1 cm³/mol. The summed E-state index contributed by atoms with van der Waals surface area (Å²) in [6, 6.07) is -0.690. The fraction of sp³-hybridized carbons (Fsp3) is 0.750. The lowest BCUT2D eigenvalue weighted by Crippen LogP contribution is -2.41. The zero-order valence-corrected chi connectivity index (χ0v) is 11.5. The van der Waals surface area contributed by atoms with Crippen molar-refractivity contribution in [2.45, 2.75) is 52.2 Å². The molecule has 104 valence electrons. The maximum Gasteiger partial charge on any atom is 0.408 e. The summed E-state index contributed by atoms with van der Waals surface area (Å²) < 4.78 is 9.44. The van der Waals surface area contributed by atoms with Crippen molar-refractivity contribution in [2.24, 2.45) is 0 Å². The van der Waals surface area contributed by atoms with Gasteiger partial charge in [-0.2, -0.15) is 0 Å². The summed E-state index contributed by atoms with van der Waals surface area (Å²) in [5, 5.41) is 2.42. The molecular formula is C12H21NO5. The third-order valence-electron chi connectivity index (χ3n) is 2.02. The number of nitrogens with one attached hydrogen (secondary N) is 1. The molecule has 0 heterocycles. The van der Waals surface area contributed by atoms with Crippen molar-refractivity contribution in [3.8, 4) is 0 Å². The van der Waals surface area contributed by atoms with Gasteiger partial charge in [0.15, 0.2) is 5.78 Å². The molecule has 0 fully saturated rings. The third-order valence-corrected chi connectivity index (χ3v) is 2.02. The minimum Gasteiger partial charge on any atom is -0.469 e. The summed E-state index contributed by atoms with van der Waals surface area (Å²) >= 11 is 0. The van der Waals surface area contributed by atoms with Gasteiger partial charge < -0.3 is 14.8 Å². The van der Waals surface area contributed by atoms with E-state index in [1.807, 2.05) is 0 Å². The first-order valence-electron chi connectivity index (χ1n) is 5.74. The van der Waals surface area contributed by atoms with Gasteiger partial charge >= 0.3 is 12.1 Å². The van der Waals surface area contributed by atoms with Gasteiger partial charge in [-0.05, 0) is 27.7 Å². The molecule has 1 N–H and O–H groups in total. The number of esters is 1. The van der Waals surface area contributed by atoms with Crippen LogP contribution < -0.4 is 5.32 Å². The number of ketones is 1. The summed E-state index contributed by atoms with van der Waals surface area (Å²) in [6.07, 6.45) is -0.610. The molecule has 0 saturated carbocycles. The third kappa shape index (κ3) is 7.65. The predicted octanol–water partition coefficient (Wildman–Crippen LogP) is 1.42. The molecule has 0 aliphatic carbocycles. The Labute approximate surface area is 107 Å². The Morgan fingerprint density at radius 1 is 1.17 bits per heavy atom. The molecule has 1 amide bonds. The van der Waals surface area contributed by atoms with E-state index in [1.54, 1.807) is 27.7 Å². The lowest BCUT2D eigenvalue weighted by molar-refractivity contribution is -0.142. The number of alkyl carbamates (subject to hydrolysis) is 1. The molecule has 1 atom stereocenters. The lowest BCUT2D eigenvalue weighted by atomic mass is 10.1. The van der Waals surface area contributed by atoms with Crippen molar-refractivity contribution >= 4 is 17.8 Å². The standard InChI is InChI=1S/C12H21NO5/c1-8(9(14)6-7-10(15)17-5)13-11(16)18-12(2,3)4/h8H,6-7H2,1-5H3,(H,13,16)/t8-/m0/s1. The van der Waals surface area contributed by atoms with Crippen LogP contribution in [0.3, 0.4) is 0 Å². The normalized spacial score (nSPS) is 12.5. The van der Waals surface area contributed by atoms with Crippen LogP contribution >= 0.6 is 0 Å². The number of Topliss-reactive ketones (excluding diaryl/α,β-unsaturated/α-hetero) is 1.